The molecule has 2 rings (SSSR count). The minimum absolute atomic E-state index is 0.201. The van der Waals surface area contributed by atoms with Crippen molar-refractivity contribution in [1.29, 1.82) is 0 Å². The molecule has 0 aliphatic rings. The fraction of sp³-hybridized carbons (Fsp3) is 0.391. The number of hydrogen-bond acceptors (Lipinski definition) is 4. The molecule has 0 aromatic heterocycles. The first-order chi connectivity index (χ1) is 17.1. The summed E-state index contributed by atoms with van der Waals surface area (Å²) in [6.45, 7) is 2.38. The van der Waals surface area contributed by atoms with E-state index in [1.165, 1.54) is 19.1 Å². The van der Waals surface area contributed by atoms with Gasteiger partial charge in [-0.15, -0.1) is 0 Å². The smallest absolute Gasteiger partial charge is 0.354 e. The molecule has 2 aromatic carbocycles. The molecular weight excluding hydrogens is 578 g/mol. The van der Waals surface area contributed by atoms with E-state index in [2.05, 4.69) is 5.32 Å². The number of sulfonamides is 1. The lowest BCUT2D eigenvalue weighted by molar-refractivity contribution is -0.139. The number of anilines is 1. The van der Waals surface area contributed by atoms with Gasteiger partial charge in [0.15, 0.2) is 0 Å². The highest BCUT2D eigenvalue weighted by molar-refractivity contribution is 7.92. The molecule has 14 heteroatoms. The van der Waals surface area contributed by atoms with Crippen LogP contribution in [-0.4, -0.2) is 50.5 Å². The molecule has 204 valence electrons. The Kier molecular flexibility index (Phi) is 10.5. The van der Waals surface area contributed by atoms with Crippen LogP contribution in [0, 0.1) is 0 Å². The normalized spacial score (nSPS) is 12.7. The van der Waals surface area contributed by atoms with E-state index in [0.717, 1.165) is 17.2 Å². The number of amides is 2. The maximum absolute atomic E-state index is 13.5. The van der Waals surface area contributed by atoms with Crippen molar-refractivity contribution in [3.05, 3.63) is 62.6 Å². The third-order valence-corrected chi connectivity index (χ3v) is 7.48. The second-order valence-corrected chi connectivity index (χ2v) is 11.3. The number of nitrogens with one attached hydrogen (secondary N) is 1. The van der Waals surface area contributed by atoms with Crippen molar-refractivity contribution in [3.8, 4) is 0 Å². The molecule has 0 radical (unpaired) electrons. The number of alkyl halides is 3. The molecule has 2 aromatic rings. The Morgan fingerprint density at radius 3 is 2.16 bits per heavy atom. The number of carbonyl (C=O) groups excluding carboxylic acids is 2. The SMILES string of the molecule is CCCNC(=O)[C@H](C)N(Cc1c(Cl)cccc1Cl)C(=O)CN(c1cc(C(F)(F)F)ccc1Cl)S(C)(=O)=O. The van der Waals surface area contributed by atoms with E-state index in [-0.39, 0.29) is 21.6 Å². The molecular formula is C23H25Cl3F3N3O4S. The molecule has 0 aliphatic carbocycles. The minimum Gasteiger partial charge on any atom is -0.354 e. The lowest BCUT2D eigenvalue weighted by Crippen LogP contribution is -2.51. The van der Waals surface area contributed by atoms with E-state index < -0.39 is 51.9 Å². The van der Waals surface area contributed by atoms with Crippen LogP contribution < -0.4 is 9.62 Å². The molecule has 7 nitrogen and oxygen atoms in total. The van der Waals surface area contributed by atoms with Gasteiger partial charge in [0.25, 0.3) is 0 Å². The summed E-state index contributed by atoms with van der Waals surface area (Å²) in [5, 5.41) is 2.74. The summed E-state index contributed by atoms with van der Waals surface area (Å²) >= 11 is 18.6. The fourth-order valence-electron chi connectivity index (χ4n) is 3.31. The van der Waals surface area contributed by atoms with Crippen molar-refractivity contribution in [3.63, 3.8) is 0 Å². The lowest BCUT2D eigenvalue weighted by atomic mass is 10.1. The van der Waals surface area contributed by atoms with E-state index in [1.54, 1.807) is 6.07 Å². The maximum atomic E-state index is 13.5. The fourth-order valence-corrected chi connectivity index (χ4v) is 4.95. The first-order valence-electron chi connectivity index (χ1n) is 10.9. The predicted molar refractivity (Wildman–Crippen MR) is 138 cm³/mol. The maximum Gasteiger partial charge on any atom is 0.416 e. The summed E-state index contributed by atoms with van der Waals surface area (Å²) in [6.07, 6.45) is -3.44. The Bertz CT molecular complexity index is 1240. The van der Waals surface area contributed by atoms with E-state index in [0.29, 0.717) is 35.0 Å². The van der Waals surface area contributed by atoms with Crippen LogP contribution in [0.25, 0.3) is 0 Å². The van der Waals surface area contributed by atoms with Gasteiger partial charge >= 0.3 is 6.18 Å². The molecule has 0 saturated heterocycles. The van der Waals surface area contributed by atoms with Crippen LogP contribution in [0.5, 0.6) is 0 Å². The number of rotatable bonds is 10. The molecule has 0 aliphatic heterocycles. The Labute approximate surface area is 228 Å². The number of halogens is 6. The highest BCUT2D eigenvalue weighted by atomic mass is 35.5. The van der Waals surface area contributed by atoms with Crippen LogP contribution in [0.15, 0.2) is 36.4 Å². The van der Waals surface area contributed by atoms with Crippen molar-refractivity contribution < 1.29 is 31.2 Å². The van der Waals surface area contributed by atoms with Gasteiger partial charge in [-0.1, -0.05) is 47.8 Å². The highest BCUT2D eigenvalue weighted by Gasteiger charge is 2.35. The largest absolute Gasteiger partial charge is 0.416 e. The highest BCUT2D eigenvalue weighted by Crippen LogP contribution is 2.36. The molecule has 0 saturated carbocycles. The zero-order valence-electron chi connectivity index (χ0n) is 20.1. The van der Waals surface area contributed by atoms with Gasteiger partial charge in [-0.3, -0.25) is 13.9 Å². The standard InChI is InChI=1S/C23H25Cl3F3N3O4S/c1-4-10-30-22(34)14(2)31(12-16-17(24)6-5-7-18(16)25)21(33)13-32(37(3,35)36)20-11-15(23(27,28)29)8-9-19(20)26/h5-9,11,14H,4,10,12-13H2,1-3H3,(H,30,34)/t14-/m0/s1. The van der Waals surface area contributed by atoms with Crippen LogP contribution in [0.4, 0.5) is 18.9 Å². The van der Waals surface area contributed by atoms with Crippen molar-refractivity contribution in [2.45, 2.75) is 39.0 Å². The number of carbonyl (C=O) groups is 2. The zero-order valence-corrected chi connectivity index (χ0v) is 23.2. The van der Waals surface area contributed by atoms with E-state index in [1.807, 2.05) is 6.92 Å². The lowest BCUT2D eigenvalue weighted by Gasteiger charge is -2.32. The number of benzene rings is 2. The monoisotopic (exact) mass is 601 g/mol. The molecule has 2 amide bonds. The third-order valence-electron chi connectivity index (χ3n) is 5.33. The summed E-state index contributed by atoms with van der Waals surface area (Å²) in [5.41, 5.74) is -1.39. The quantitative estimate of drug-likeness (QED) is 0.396. The third kappa shape index (κ3) is 8.13. The van der Waals surface area contributed by atoms with Crippen molar-refractivity contribution in [2.75, 3.05) is 23.7 Å². The summed E-state index contributed by atoms with van der Waals surface area (Å²) in [6, 6.07) is 5.66. The second kappa shape index (κ2) is 12.6. The van der Waals surface area contributed by atoms with Gasteiger partial charge in [0.05, 0.1) is 22.5 Å². The van der Waals surface area contributed by atoms with Crippen molar-refractivity contribution in [2.24, 2.45) is 0 Å². The van der Waals surface area contributed by atoms with Gasteiger partial charge in [0.2, 0.25) is 21.8 Å². The van der Waals surface area contributed by atoms with E-state index in [9.17, 15) is 31.2 Å². The van der Waals surface area contributed by atoms with Crippen molar-refractivity contribution in [1.82, 2.24) is 10.2 Å². The van der Waals surface area contributed by atoms with Crippen LogP contribution in [0.2, 0.25) is 15.1 Å². The summed E-state index contributed by atoms with van der Waals surface area (Å²) in [4.78, 5) is 27.3. The van der Waals surface area contributed by atoms with Gasteiger partial charge in [-0.2, -0.15) is 13.2 Å². The van der Waals surface area contributed by atoms with Gasteiger partial charge < -0.3 is 10.2 Å². The molecule has 0 unspecified atom stereocenters. The molecule has 37 heavy (non-hydrogen) atoms. The Morgan fingerprint density at radius 2 is 1.65 bits per heavy atom. The molecule has 1 N–H and O–H groups in total. The molecule has 0 bridgehead atoms. The molecule has 0 heterocycles. The predicted octanol–water partition coefficient (Wildman–Crippen LogP) is 5.38. The van der Waals surface area contributed by atoms with E-state index in [4.69, 9.17) is 34.8 Å². The topological polar surface area (TPSA) is 86.8 Å². The Hall–Kier alpha value is -2.21. The number of hydrogen-bond donors (Lipinski definition) is 1. The van der Waals surface area contributed by atoms with Gasteiger partial charge in [0, 0.05) is 28.7 Å². The minimum atomic E-state index is -4.79. The average molecular weight is 603 g/mol. The Morgan fingerprint density at radius 1 is 1.05 bits per heavy atom. The van der Waals surface area contributed by atoms with Gasteiger partial charge in [0.1, 0.15) is 12.6 Å². The summed E-state index contributed by atoms with van der Waals surface area (Å²) in [7, 11) is -4.30. The van der Waals surface area contributed by atoms with E-state index >= 15 is 0 Å². The molecule has 1 atom stereocenters. The zero-order chi connectivity index (χ0) is 28.1. The molecule has 0 spiro atoms. The number of nitrogens with zero attached hydrogens (tertiary/aromatic N) is 2. The van der Waals surface area contributed by atoms with Crippen molar-refractivity contribution >= 4 is 62.3 Å². The van der Waals surface area contributed by atoms with Crippen LogP contribution in [0.3, 0.4) is 0 Å². The summed E-state index contributed by atoms with van der Waals surface area (Å²) < 4.78 is 65.6. The summed E-state index contributed by atoms with van der Waals surface area (Å²) in [5.74, 6) is -1.42. The van der Waals surface area contributed by atoms with Crippen LogP contribution >= 0.6 is 34.8 Å². The Balaban J connectivity index is 2.54. The molecule has 0 fully saturated rings. The second-order valence-electron chi connectivity index (χ2n) is 8.12. The average Bonchev–Trinajstić information content (AvgIpc) is 2.79. The van der Waals surface area contributed by atoms with Gasteiger partial charge in [-0.05, 0) is 43.7 Å². The van der Waals surface area contributed by atoms with Crippen LogP contribution in [0.1, 0.15) is 31.4 Å². The van der Waals surface area contributed by atoms with Crippen LogP contribution in [-0.2, 0) is 32.3 Å². The first-order valence-corrected chi connectivity index (χ1v) is 13.9. The van der Waals surface area contributed by atoms with Gasteiger partial charge in [-0.25, -0.2) is 8.42 Å². The first kappa shape index (κ1) is 31.0.